The zero-order valence-electron chi connectivity index (χ0n) is 99.3. The number of anilines is 1. The summed E-state index contributed by atoms with van der Waals surface area (Å²) in [4.78, 5) is 113. The Labute approximate surface area is 882 Å². The standard InChI is InChI=1S/C20H42N2O5.C19H40N2O5.C19H30N2O3.C18H37N3O.C18H36N2O.C17H35N3O2.2CH4/c1-19(2,3)18(24)22(9-8-21(7)20(4,5)6)10-12-25-14-16-27-17-15-26-13-11-23;1-18(2,3)17(23)20-16(14-21(7)19(4,5)6)15-26-13-12-25-11-10-24-9-8-22;1-18(2,3)17(24)21(13-12-20(7)19(4,5)6)15-10-8-14(9-11-15)16(22)23;1-17(2,3)16(22)21(14-13-20(8)18(4,5)6)15-9-11-19(7)12-10-15;1-16(2,3)15(21)20(8)18(12-10-9-11-13-18)14-19(7)17(4,5)6;1-16(2,3)15(21)20(13-12-18(7)17(4,5)6)14-8-10-19(22)11-9-14;;/h23H,8-17H2,1-7H3;16,22H,8-15H2,1-7H3,(H,20,23);8-11H,12-13H2,1-7H3,(H,22,23);15H,9-14H2,1-8H3;9-14H2,1-8H3;14,22H,8-13H2,1-7H3;2*1H4. The SMILES string of the molecule is C.C.CN(CC(COCCOCCOCCO)NC(=O)C(C)(C)C)C(C)(C)C.CN(CC1(N(C)C(=O)C(C)(C)C)CCCCC1)C(C)(C)C.CN(CCN(C(=O)C(C)(C)C)C1CCN(O)CC1)C(C)(C)C.CN(CCN(C(=O)C(C)(C)C)c1ccc(C(=O)O)cc1)C(C)(C)C.CN(CCN(CCOCCOCCOCCO)C(=O)C(C)(C)C)C(C)(C)C.CN1CCC(N(CCN(C)C(C)(C)C)C(=O)C(C)(C)C)CC1. The molecule has 2 aliphatic heterocycles. The molecule has 3 aliphatic rings. The fourth-order valence-electron chi connectivity index (χ4n) is 14.8. The molecule has 6 amide bonds. The van der Waals surface area contributed by atoms with Gasteiger partial charge in [-0.05, 0) is 250 Å². The molecule has 31 heteroatoms. The molecule has 5 N–H and O–H groups in total. The summed E-state index contributed by atoms with van der Waals surface area (Å²) in [7, 11) is 16.8. The number of carbonyl (C=O) groups is 7. The highest BCUT2D eigenvalue weighted by atomic mass is 16.6. The van der Waals surface area contributed by atoms with Gasteiger partial charge in [-0.15, -0.1) is 0 Å². The summed E-state index contributed by atoms with van der Waals surface area (Å²) in [6.45, 7) is 91.9. The van der Waals surface area contributed by atoms with Gasteiger partial charge in [0.25, 0.3) is 0 Å². The fraction of sp³-hybridized carbons (Fsp3) is 0.885. The molecule has 2 heterocycles. The zero-order valence-corrected chi connectivity index (χ0v) is 99.3. The Morgan fingerprint density at radius 3 is 1.02 bits per heavy atom. The van der Waals surface area contributed by atoms with Crippen LogP contribution in [0.5, 0.6) is 0 Å². The Hall–Kier alpha value is -5.17. The Balaban J connectivity index is -0.000000816. The highest BCUT2D eigenvalue weighted by molar-refractivity contribution is 5.97. The number of rotatable bonds is 43. The number of hydroxylamine groups is 2. The van der Waals surface area contributed by atoms with Crippen molar-refractivity contribution in [2.75, 3.05) is 252 Å². The number of aromatic carboxylic acids is 1. The summed E-state index contributed by atoms with van der Waals surface area (Å²) in [6, 6.07) is 7.02. The van der Waals surface area contributed by atoms with Crippen LogP contribution in [0.2, 0.25) is 0 Å². The summed E-state index contributed by atoms with van der Waals surface area (Å²) in [5.41, 5.74) is -0.887. The van der Waals surface area contributed by atoms with E-state index in [0.29, 0.717) is 131 Å². The molecule has 0 bridgehead atoms. The van der Waals surface area contributed by atoms with Crippen molar-refractivity contribution < 1.29 is 82.5 Å². The molecule has 144 heavy (non-hydrogen) atoms. The predicted molar refractivity (Wildman–Crippen MR) is 597 cm³/mol. The number of hydrogen-bond donors (Lipinski definition) is 5. The maximum Gasteiger partial charge on any atom is 0.335 e. The van der Waals surface area contributed by atoms with E-state index in [1.807, 2.05) is 151 Å². The first-order valence-corrected chi connectivity index (χ1v) is 52.8. The first kappa shape index (κ1) is 145. The molecule has 1 aromatic carbocycles. The Bertz CT molecular complexity index is 3560. The topological polar surface area (TPSA) is 310 Å². The minimum Gasteiger partial charge on any atom is -0.478 e. The molecule has 31 nitrogen and oxygen atoms in total. The smallest absolute Gasteiger partial charge is 0.335 e. The summed E-state index contributed by atoms with van der Waals surface area (Å²) in [5, 5.41) is 40.2. The number of piperidine rings is 2. The van der Waals surface area contributed by atoms with E-state index in [0.717, 1.165) is 103 Å². The highest BCUT2D eigenvalue weighted by Crippen LogP contribution is 2.38. The van der Waals surface area contributed by atoms with Crippen LogP contribution < -0.4 is 10.2 Å². The van der Waals surface area contributed by atoms with Crippen LogP contribution in [0.15, 0.2) is 24.3 Å². The van der Waals surface area contributed by atoms with Gasteiger partial charge < -0.3 is 83.7 Å². The summed E-state index contributed by atoms with van der Waals surface area (Å²) in [6.07, 6.45) is 9.92. The van der Waals surface area contributed by atoms with E-state index in [-0.39, 0.29) is 130 Å². The van der Waals surface area contributed by atoms with Crippen LogP contribution in [0.25, 0.3) is 0 Å². The first-order valence-electron chi connectivity index (χ1n) is 52.8. The lowest BCUT2D eigenvalue weighted by atomic mass is 9.78. The quantitative estimate of drug-likeness (QED) is 0.0379. The van der Waals surface area contributed by atoms with Gasteiger partial charge in [-0.25, -0.2) is 4.79 Å². The number of ether oxygens (including phenoxy) is 6. The number of carboxylic acid groups (broad SMARTS) is 1. The van der Waals surface area contributed by atoms with E-state index in [9.17, 15) is 38.8 Å². The maximum atomic E-state index is 12.9. The van der Waals surface area contributed by atoms with Crippen LogP contribution in [0.4, 0.5) is 5.69 Å². The van der Waals surface area contributed by atoms with E-state index in [4.69, 9.17) is 43.7 Å². The molecule has 3 fully saturated rings. The van der Waals surface area contributed by atoms with Gasteiger partial charge in [0.1, 0.15) is 0 Å². The van der Waals surface area contributed by atoms with Gasteiger partial charge in [0.15, 0.2) is 0 Å². The normalized spacial score (nSPS) is 15.5. The number of amides is 6. The molecule has 0 aromatic heterocycles. The van der Waals surface area contributed by atoms with Crippen molar-refractivity contribution >= 4 is 47.1 Å². The van der Waals surface area contributed by atoms with E-state index < -0.39 is 22.2 Å². The average Bonchev–Trinajstić information content (AvgIpc) is 0.779. The van der Waals surface area contributed by atoms with E-state index in [1.54, 1.807) is 17.0 Å². The Kier molecular flexibility index (Phi) is 67.1. The van der Waals surface area contributed by atoms with Crippen LogP contribution in [-0.4, -0.2) is 425 Å². The molecule has 1 unspecified atom stereocenters. The Morgan fingerprint density at radius 1 is 0.375 bits per heavy atom. The van der Waals surface area contributed by atoms with Gasteiger partial charge in [0, 0.05) is 176 Å². The first-order chi connectivity index (χ1) is 64.6. The second-order valence-electron chi connectivity index (χ2n) is 51.7. The van der Waals surface area contributed by atoms with Crippen LogP contribution >= 0.6 is 0 Å². The number of aliphatic hydroxyl groups is 2. The fourth-order valence-corrected chi connectivity index (χ4v) is 14.8. The molecule has 0 spiro atoms. The van der Waals surface area contributed by atoms with Crippen LogP contribution in [0, 0.1) is 32.5 Å². The molecule has 1 saturated carbocycles. The number of carboxylic acids is 1. The number of aliphatic hydroxyl groups excluding tert-OH is 2. The monoisotopic (exact) mass is 2050 g/mol. The summed E-state index contributed by atoms with van der Waals surface area (Å²) >= 11 is 0. The van der Waals surface area contributed by atoms with E-state index in [1.165, 1.54) is 36.5 Å². The summed E-state index contributed by atoms with van der Waals surface area (Å²) < 4.78 is 32.3. The van der Waals surface area contributed by atoms with Crippen LogP contribution in [0.1, 0.15) is 332 Å². The maximum absolute atomic E-state index is 12.9. The summed E-state index contributed by atoms with van der Waals surface area (Å²) in [5.74, 6) is -0.00532. The molecule has 0 radical (unpaired) electrons. The van der Waals surface area contributed by atoms with Crippen molar-refractivity contribution in [1.82, 2.24) is 64.3 Å². The van der Waals surface area contributed by atoms with Gasteiger partial charge in [0.05, 0.1) is 110 Å². The van der Waals surface area contributed by atoms with E-state index in [2.05, 4.69) is 214 Å². The molecule has 1 aliphatic carbocycles. The van der Waals surface area contributed by atoms with Crippen molar-refractivity contribution in [1.29, 1.82) is 0 Å². The Morgan fingerprint density at radius 2 is 0.694 bits per heavy atom. The molecule has 852 valence electrons. The second kappa shape index (κ2) is 66.6. The van der Waals surface area contributed by atoms with Crippen molar-refractivity contribution in [3.63, 3.8) is 0 Å². The van der Waals surface area contributed by atoms with Crippen LogP contribution in [0.3, 0.4) is 0 Å². The van der Waals surface area contributed by atoms with Gasteiger partial charge >= 0.3 is 5.97 Å². The average molecular weight is 2060 g/mol. The lowest BCUT2D eigenvalue weighted by molar-refractivity contribution is -0.149. The molecule has 2 saturated heterocycles. The van der Waals surface area contributed by atoms with Gasteiger partial charge in [-0.1, -0.05) is 159 Å². The van der Waals surface area contributed by atoms with E-state index >= 15 is 0 Å². The number of likely N-dealkylation sites (N-methyl/N-ethyl adjacent to an activating group) is 7. The third-order valence-electron chi connectivity index (χ3n) is 26.9. The second-order valence-corrected chi connectivity index (χ2v) is 51.7. The van der Waals surface area contributed by atoms with Crippen molar-refractivity contribution in [3.05, 3.63) is 29.8 Å². The molecule has 4 rings (SSSR count). The third-order valence-corrected chi connectivity index (χ3v) is 26.9. The molecular formula is C113H228N14O17. The van der Waals surface area contributed by atoms with Crippen molar-refractivity contribution in [3.8, 4) is 0 Å². The largest absolute Gasteiger partial charge is 0.478 e. The van der Waals surface area contributed by atoms with Gasteiger partial charge in [0.2, 0.25) is 35.4 Å². The predicted octanol–water partition coefficient (Wildman–Crippen LogP) is 16.7. The lowest BCUT2D eigenvalue weighted by Gasteiger charge is -2.50. The third kappa shape index (κ3) is 60.2. The van der Waals surface area contributed by atoms with Crippen molar-refractivity contribution in [2.45, 2.75) is 379 Å². The minimum absolute atomic E-state index is 0. The minimum atomic E-state index is -0.970. The number of hydrogen-bond acceptors (Lipinski definition) is 24. The number of carbonyl (C=O) groups excluding carboxylic acids is 6. The number of likely N-dealkylation sites (tertiary alicyclic amines) is 1. The number of benzene rings is 1. The number of nitrogens with zero attached hydrogens (tertiary/aromatic N) is 13. The highest BCUT2D eigenvalue weighted by Gasteiger charge is 2.45. The zero-order chi connectivity index (χ0) is 111. The molecule has 1 atom stereocenters. The number of nitrogens with one attached hydrogen (secondary N) is 1. The van der Waals surface area contributed by atoms with Crippen LogP contribution in [-0.2, 0) is 57.2 Å². The van der Waals surface area contributed by atoms with Gasteiger partial charge in [-0.3, -0.25) is 58.2 Å². The van der Waals surface area contributed by atoms with Gasteiger partial charge in [-0.2, -0.15) is 5.06 Å². The lowest BCUT2D eigenvalue weighted by Crippen LogP contribution is -2.60. The molecular weight excluding hydrogens is 1830 g/mol. The van der Waals surface area contributed by atoms with Crippen molar-refractivity contribution in [2.24, 2.45) is 32.5 Å². The molecule has 1 aromatic rings.